The minimum absolute atomic E-state index is 0.0226. The number of nitrogens with zero attached hydrogens (tertiary/aromatic N) is 9. The van der Waals surface area contributed by atoms with Gasteiger partial charge in [-0.1, -0.05) is 56.2 Å². The van der Waals surface area contributed by atoms with E-state index in [0.29, 0.717) is 29.8 Å². The number of tetrazole rings is 1. The zero-order valence-corrected chi connectivity index (χ0v) is 24.0. The van der Waals surface area contributed by atoms with E-state index in [4.69, 9.17) is 0 Å². The number of amides is 2. The molecule has 4 rings (SSSR count). The number of aliphatic imine (C=N–C) groups is 1. The van der Waals surface area contributed by atoms with Crippen LogP contribution in [0.2, 0.25) is 0 Å². The summed E-state index contributed by atoms with van der Waals surface area (Å²) in [4.78, 5) is 36.5. The molecule has 1 aliphatic heterocycles. The molecule has 0 fully saturated rings. The highest BCUT2D eigenvalue weighted by atomic mass is 19.4. The molecule has 0 saturated heterocycles. The fraction of sp³-hybridized carbons (Fsp3) is 0.429. The summed E-state index contributed by atoms with van der Waals surface area (Å²) in [5.74, 6) is -1.96. The van der Waals surface area contributed by atoms with Crippen molar-refractivity contribution in [1.82, 2.24) is 25.5 Å². The van der Waals surface area contributed by atoms with Crippen LogP contribution in [0.25, 0.3) is 10.4 Å². The first-order valence-corrected chi connectivity index (χ1v) is 13.7. The van der Waals surface area contributed by atoms with Gasteiger partial charge in [0, 0.05) is 29.6 Å². The molecule has 1 aliphatic rings. The Bertz CT molecular complexity index is 1540. The molecule has 0 spiro atoms. The summed E-state index contributed by atoms with van der Waals surface area (Å²) < 4.78 is 41.2. The first-order valence-electron chi connectivity index (χ1n) is 13.7. The molecule has 0 unspecified atom stereocenters. The quantitative estimate of drug-likeness (QED) is 0.197. The number of rotatable bonds is 10. The fourth-order valence-electron chi connectivity index (χ4n) is 4.95. The lowest BCUT2D eigenvalue weighted by molar-refractivity contribution is -0.137. The van der Waals surface area contributed by atoms with Crippen LogP contribution in [0.4, 0.5) is 18.9 Å². The third-order valence-corrected chi connectivity index (χ3v) is 6.99. The van der Waals surface area contributed by atoms with Gasteiger partial charge in [0.15, 0.2) is 5.82 Å². The second-order valence-electron chi connectivity index (χ2n) is 10.5. The number of hydrogen-bond donors (Lipinski definition) is 1. The number of carbonyl (C=O) groups is 2. The number of hydrogen-bond acceptors (Lipinski definition) is 7. The Morgan fingerprint density at radius 1 is 1.16 bits per heavy atom. The normalized spacial score (nSPS) is 16.6. The molecule has 2 aromatic carbocycles. The number of nitrogens with one attached hydrogen (secondary N) is 1. The maximum atomic E-state index is 13.9. The smallest absolute Gasteiger partial charge is 0.326 e. The number of alkyl halides is 3. The molecule has 43 heavy (non-hydrogen) atoms. The van der Waals surface area contributed by atoms with Gasteiger partial charge >= 0.3 is 6.18 Å². The van der Waals surface area contributed by atoms with Crippen molar-refractivity contribution in [3.8, 4) is 0 Å². The lowest BCUT2D eigenvalue weighted by atomic mass is 9.89. The van der Waals surface area contributed by atoms with Crippen molar-refractivity contribution in [2.45, 2.75) is 58.5 Å². The molecule has 3 aromatic rings. The van der Waals surface area contributed by atoms with Crippen molar-refractivity contribution >= 4 is 23.2 Å². The van der Waals surface area contributed by atoms with E-state index in [1.54, 1.807) is 24.3 Å². The van der Waals surface area contributed by atoms with Crippen LogP contribution in [0.3, 0.4) is 0 Å². The number of aryl methyl sites for hydroxylation is 1. The Hall–Kier alpha value is -4.78. The number of fused-ring (bicyclic) bond motifs is 1. The van der Waals surface area contributed by atoms with E-state index >= 15 is 0 Å². The maximum absolute atomic E-state index is 13.9. The van der Waals surface area contributed by atoms with Crippen LogP contribution in [0.1, 0.15) is 62.2 Å². The molecule has 15 heteroatoms. The van der Waals surface area contributed by atoms with Crippen molar-refractivity contribution in [1.29, 1.82) is 0 Å². The largest absolute Gasteiger partial charge is 0.416 e. The molecule has 2 heterocycles. The number of aromatic nitrogens is 4. The van der Waals surface area contributed by atoms with Crippen molar-refractivity contribution in [3.63, 3.8) is 0 Å². The van der Waals surface area contributed by atoms with Crippen LogP contribution < -0.4 is 10.2 Å². The zero-order valence-electron chi connectivity index (χ0n) is 24.0. The summed E-state index contributed by atoms with van der Waals surface area (Å²) >= 11 is 0. The molecule has 0 radical (unpaired) electrons. The van der Waals surface area contributed by atoms with Gasteiger partial charge in [-0.2, -0.15) is 13.2 Å². The van der Waals surface area contributed by atoms with Gasteiger partial charge in [0.05, 0.1) is 22.9 Å². The van der Waals surface area contributed by atoms with Gasteiger partial charge in [-0.05, 0) is 52.9 Å². The number of halogens is 3. The Kier molecular flexibility index (Phi) is 9.44. The van der Waals surface area contributed by atoms with Crippen LogP contribution in [0, 0.1) is 11.8 Å². The lowest BCUT2D eigenvalue weighted by Gasteiger charge is -2.26. The van der Waals surface area contributed by atoms with Gasteiger partial charge in [0.1, 0.15) is 6.04 Å². The fourth-order valence-corrected chi connectivity index (χ4v) is 4.95. The Balaban J connectivity index is 1.77. The standard InChI is InChI=1S/C28H31F3N10O2/c1-5-14-41-25(36-38-39-41)23(35-37-32)20(15-16(2)3)26(42)34-24-27(43)40(4)21-9-7-6-8-19(21)22(33-24)17-10-12-18(13-11-17)28(29,30)31/h6-13,16,20,23-24H,5,14-15H2,1-4H3,(H,34,42)/t20-,23-,24-/m1/s1. The second kappa shape index (κ2) is 13.0. The van der Waals surface area contributed by atoms with Gasteiger partial charge in [-0.3, -0.25) is 9.59 Å². The predicted octanol–water partition coefficient (Wildman–Crippen LogP) is 5.07. The number of carbonyl (C=O) groups excluding carboxylic acids is 2. The van der Waals surface area contributed by atoms with Gasteiger partial charge < -0.3 is 10.2 Å². The molecular weight excluding hydrogens is 565 g/mol. The number of benzene rings is 2. The van der Waals surface area contributed by atoms with E-state index in [1.807, 2.05) is 20.8 Å². The van der Waals surface area contributed by atoms with Crippen molar-refractivity contribution in [2.75, 3.05) is 11.9 Å². The van der Waals surface area contributed by atoms with E-state index in [2.05, 4.69) is 35.9 Å². The predicted molar refractivity (Wildman–Crippen MR) is 152 cm³/mol. The maximum Gasteiger partial charge on any atom is 0.416 e. The van der Waals surface area contributed by atoms with Gasteiger partial charge in [0.2, 0.25) is 12.1 Å². The molecule has 2 amide bonds. The topological polar surface area (TPSA) is 154 Å². The highest BCUT2D eigenvalue weighted by molar-refractivity contribution is 6.20. The van der Waals surface area contributed by atoms with E-state index in [-0.39, 0.29) is 23.9 Å². The number of para-hydroxylation sites is 1. The third-order valence-electron chi connectivity index (χ3n) is 6.99. The van der Waals surface area contributed by atoms with Gasteiger partial charge in [-0.15, -0.1) is 5.10 Å². The van der Waals surface area contributed by atoms with Crippen molar-refractivity contribution in [2.24, 2.45) is 21.9 Å². The van der Waals surface area contributed by atoms with E-state index in [1.165, 1.54) is 28.8 Å². The highest BCUT2D eigenvalue weighted by Gasteiger charge is 2.38. The zero-order chi connectivity index (χ0) is 31.3. The van der Waals surface area contributed by atoms with Crippen LogP contribution >= 0.6 is 0 Å². The first-order chi connectivity index (χ1) is 20.5. The van der Waals surface area contributed by atoms with Crippen LogP contribution in [-0.4, -0.2) is 50.9 Å². The summed E-state index contributed by atoms with van der Waals surface area (Å²) in [5, 5.41) is 18.3. The molecule has 12 nitrogen and oxygen atoms in total. The molecule has 1 aromatic heterocycles. The van der Waals surface area contributed by atoms with Crippen LogP contribution in [0.15, 0.2) is 58.6 Å². The second-order valence-corrected chi connectivity index (χ2v) is 10.5. The van der Waals surface area contributed by atoms with Gasteiger partial charge in [-0.25, -0.2) is 9.67 Å². The first kappa shape index (κ1) is 31.2. The summed E-state index contributed by atoms with van der Waals surface area (Å²) in [5.41, 5.74) is 10.1. The average Bonchev–Trinajstić information content (AvgIpc) is 3.40. The van der Waals surface area contributed by atoms with Crippen molar-refractivity contribution < 1.29 is 22.8 Å². The van der Waals surface area contributed by atoms with Crippen LogP contribution in [-0.2, 0) is 22.3 Å². The summed E-state index contributed by atoms with van der Waals surface area (Å²) in [7, 11) is 1.53. The molecule has 0 aliphatic carbocycles. The Morgan fingerprint density at radius 2 is 1.86 bits per heavy atom. The highest BCUT2D eigenvalue weighted by Crippen LogP contribution is 2.33. The molecular formula is C28H31F3N10O2. The third kappa shape index (κ3) is 6.83. The molecule has 0 bridgehead atoms. The summed E-state index contributed by atoms with van der Waals surface area (Å²) in [6.45, 7) is 6.14. The SMILES string of the molecule is CCCn1nnnc1[C@H](N=[N+]=[N-])[C@@H](CC(C)C)C(=O)N[C@H]1N=C(c2ccc(C(F)(F)F)cc2)c2ccccc2N(C)C1=O. The Morgan fingerprint density at radius 3 is 2.49 bits per heavy atom. The monoisotopic (exact) mass is 596 g/mol. The lowest BCUT2D eigenvalue weighted by Crippen LogP contribution is -2.48. The molecule has 1 N–H and O–H groups in total. The van der Waals surface area contributed by atoms with E-state index in [0.717, 1.165) is 12.1 Å². The van der Waals surface area contributed by atoms with Crippen LogP contribution in [0.5, 0.6) is 0 Å². The number of benzodiazepines with no additional fused rings is 1. The molecule has 0 saturated carbocycles. The minimum atomic E-state index is -4.53. The van der Waals surface area contributed by atoms with Crippen molar-refractivity contribution in [3.05, 3.63) is 81.5 Å². The summed E-state index contributed by atoms with van der Waals surface area (Å²) in [6.07, 6.45) is -5.01. The number of azide groups is 1. The molecule has 3 atom stereocenters. The number of likely N-dealkylation sites (N-methyl/N-ethyl adjacent to an activating group) is 1. The minimum Gasteiger partial charge on any atom is -0.326 e. The van der Waals surface area contributed by atoms with Gasteiger partial charge in [0.25, 0.3) is 5.91 Å². The molecule has 226 valence electrons. The number of anilines is 1. The van der Waals surface area contributed by atoms with E-state index < -0.39 is 41.7 Å². The Labute approximate surface area is 245 Å². The van der Waals surface area contributed by atoms with E-state index in [9.17, 15) is 28.3 Å². The summed E-state index contributed by atoms with van der Waals surface area (Å²) in [6, 6.07) is 10.2. The average molecular weight is 597 g/mol.